The first kappa shape index (κ1) is 11.6. The molecule has 0 spiro atoms. The molecule has 1 aromatic carbocycles. The molecule has 1 aromatic rings. The van der Waals surface area contributed by atoms with Gasteiger partial charge in [0.05, 0.1) is 0 Å². The Bertz CT molecular complexity index is 721. The van der Waals surface area contributed by atoms with Crippen LogP contribution in [-0.4, -0.2) is 28.3 Å². The topological polar surface area (TPSA) is 23.5 Å². The van der Waals surface area contributed by atoms with E-state index in [9.17, 15) is 9.50 Å². The highest BCUT2D eigenvalue weighted by Gasteiger charge is 2.93. The van der Waals surface area contributed by atoms with E-state index < -0.39 is 5.72 Å². The quantitative estimate of drug-likeness (QED) is 0.924. The van der Waals surface area contributed by atoms with Crippen molar-refractivity contribution in [3.05, 3.63) is 35.6 Å². The van der Waals surface area contributed by atoms with Gasteiger partial charge in [-0.15, -0.1) is 0 Å². The lowest BCUT2D eigenvalue weighted by atomic mass is 9.59. The van der Waals surface area contributed by atoms with Crippen LogP contribution in [0.2, 0.25) is 0 Å². The van der Waals surface area contributed by atoms with Gasteiger partial charge in [0, 0.05) is 24.4 Å². The maximum absolute atomic E-state index is 13.4. The largest absolute Gasteiger partial charge is 0.375 e. The van der Waals surface area contributed by atoms with Gasteiger partial charge in [-0.1, -0.05) is 12.1 Å². The average Bonchev–Trinajstić information content (AvgIpc) is 3.09. The lowest BCUT2D eigenvalue weighted by Gasteiger charge is -2.45. The molecular formula is C19H20FNO. The van der Waals surface area contributed by atoms with Crippen LogP contribution in [0.3, 0.4) is 0 Å². The minimum atomic E-state index is -0.482. The number of aliphatic hydroxyl groups is 1. The Hall–Kier alpha value is -0.930. The van der Waals surface area contributed by atoms with E-state index in [0.717, 1.165) is 54.0 Å². The Kier molecular flexibility index (Phi) is 1.66. The third kappa shape index (κ3) is 0.881. The van der Waals surface area contributed by atoms with E-state index in [1.807, 2.05) is 6.07 Å². The molecule has 4 bridgehead atoms. The number of halogens is 1. The summed E-state index contributed by atoms with van der Waals surface area (Å²) >= 11 is 0. The van der Waals surface area contributed by atoms with Crippen molar-refractivity contribution >= 4 is 0 Å². The maximum Gasteiger partial charge on any atom is 0.125 e. The molecule has 5 saturated carbocycles. The molecule has 2 heterocycles. The van der Waals surface area contributed by atoms with Crippen LogP contribution in [0.1, 0.15) is 12.0 Å². The molecule has 2 nitrogen and oxygen atoms in total. The van der Waals surface area contributed by atoms with Crippen molar-refractivity contribution < 1.29 is 9.50 Å². The second-order valence-corrected chi connectivity index (χ2v) is 8.77. The molecule has 0 unspecified atom stereocenters. The smallest absolute Gasteiger partial charge is 0.125 e. The zero-order chi connectivity index (χ0) is 14.4. The molecule has 0 aromatic heterocycles. The van der Waals surface area contributed by atoms with Crippen LogP contribution in [0, 0.1) is 53.2 Å². The molecule has 2 aliphatic heterocycles. The summed E-state index contributed by atoms with van der Waals surface area (Å²) in [5, 5.41) is 11.6. The Balaban J connectivity index is 1.25. The van der Waals surface area contributed by atoms with Gasteiger partial charge in [-0.2, -0.15) is 0 Å². The molecule has 22 heavy (non-hydrogen) atoms. The number of benzene rings is 1. The third-order valence-electron chi connectivity index (χ3n) is 8.74. The first-order valence-corrected chi connectivity index (χ1v) is 8.95. The van der Waals surface area contributed by atoms with Crippen LogP contribution < -0.4 is 0 Å². The summed E-state index contributed by atoms with van der Waals surface area (Å²) in [6, 6.07) is 7.62. The fraction of sp³-hybridized carbons (Fsp3) is 0.684. The molecule has 0 amide bonds. The SMILES string of the molecule is O[C@]12[C@@H]3[C@@H]4[C@@H]5C[C@H]6[C@H]4[C@@H]3[C@@H]([C@H]6[C@@H]51)N2CCc1cccc(F)c1. The summed E-state index contributed by atoms with van der Waals surface area (Å²) in [6.07, 6.45) is 2.29. The first-order valence-electron chi connectivity index (χ1n) is 8.95. The van der Waals surface area contributed by atoms with Gasteiger partial charge in [0.1, 0.15) is 11.5 Å². The number of nitrogens with zero attached hydrogens (tertiary/aromatic N) is 1. The molecule has 10 atom stereocenters. The summed E-state index contributed by atoms with van der Waals surface area (Å²) in [5.74, 6) is 6.25. The Morgan fingerprint density at radius 1 is 1.14 bits per heavy atom. The van der Waals surface area contributed by atoms with E-state index in [1.165, 1.54) is 12.5 Å². The van der Waals surface area contributed by atoms with Gasteiger partial charge < -0.3 is 5.11 Å². The second kappa shape index (κ2) is 3.16. The van der Waals surface area contributed by atoms with Crippen LogP contribution >= 0.6 is 0 Å². The van der Waals surface area contributed by atoms with Gasteiger partial charge in [0.25, 0.3) is 0 Å². The highest BCUT2D eigenvalue weighted by Crippen LogP contribution is 2.90. The van der Waals surface area contributed by atoms with Crippen LogP contribution in [-0.2, 0) is 6.42 Å². The molecule has 1 N–H and O–H groups in total. The first-order chi connectivity index (χ1) is 10.7. The Morgan fingerprint density at radius 3 is 2.91 bits per heavy atom. The minimum absolute atomic E-state index is 0.147. The molecule has 7 aliphatic rings. The molecule has 5 aliphatic carbocycles. The maximum atomic E-state index is 13.4. The number of hydrogen-bond donors (Lipinski definition) is 1. The van der Waals surface area contributed by atoms with E-state index in [1.54, 1.807) is 12.1 Å². The van der Waals surface area contributed by atoms with Gasteiger partial charge in [-0.3, -0.25) is 4.90 Å². The molecule has 2 saturated heterocycles. The molecular weight excluding hydrogens is 277 g/mol. The zero-order valence-corrected chi connectivity index (χ0v) is 12.4. The summed E-state index contributed by atoms with van der Waals surface area (Å²) in [6.45, 7) is 0.906. The lowest BCUT2D eigenvalue weighted by Crippen LogP contribution is -2.51. The molecule has 3 heteroatoms. The third-order valence-corrected chi connectivity index (χ3v) is 8.74. The van der Waals surface area contributed by atoms with Crippen molar-refractivity contribution in [2.75, 3.05) is 6.54 Å². The van der Waals surface area contributed by atoms with Crippen LogP contribution in [0.5, 0.6) is 0 Å². The second-order valence-electron chi connectivity index (χ2n) is 8.77. The Morgan fingerprint density at radius 2 is 2.05 bits per heavy atom. The van der Waals surface area contributed by atoms with Crippen molar-refractivity contribution in [1.82, 2.24) is 4.90 Å². The lowest BCUT2D eigenvalue weighted by molar-refractivity contribution is -0.130. The van der Waals surface area contributed by atoms with Gasteiger partial charge in [0.15, 0.2) is 0 Å². The summed E-state index contributed by atoms with van der Waals surface area (Å²) in [5.41, 5.74) is 0.580. The van der Waals surface area contributed by atoms with E-state index in [2.05, 4.69) is 4.90 Å². The minimum Gasteiger partial charge on any atom is -0.375 e. The summed E-state index contributed by atoms with van der Waals surface area (Å²) < 4.78 is 13.4. The van der Waals surface area contributed by atoms with Crippen LogP contribution in [0.15, 0.2) is 24.3 Å². The summed E-state index contributed by atoms with van der Waals surface area (Å²) in [4.78, 5) is 2.48. The standard InChI is InChI=1S/C19H20FNO/c20-9-3-1-2-8(6-9)4-5-21-18-14-10-7-11-13-12(10)15(18)17(13)19(21,22)16(11)14/h1-3,6,10-18,22H,4-5,7H2/t10-,11-,12+,13+,14+,15-,16+,17+,18+,19-/m0/s1. The molecule has 7 fully saturated rings. The van der Waals surface area contributed by atoms with Crippen LogP contribution in [0.25, 0.3) is 0 Å². The highest BCUT2D eigenvalue weighted by atomic mass is 19.1. The fourth-order valence-corrected chi connectivity index (χ4v) is 8.81. The van der Waals surface area contributed by atoms with Gasteiger partial charge >= 0.3 is 0 Å². The van der Waals surface area contributed by atoms with Crippen molar-refractivity contribution in [2.45, 2.75) is 24.6 Å². The van der Waals surface area contributed by atoms with Gasteiger partial charge in [0.2, 0.25) is 0 Å². The van der Waals surface area contributed by atoms with Gasteiger partial charge in [-0.25, -0.2) is 4.39 Å². The fourth-order valence-electron chi connectivity index (χ4n) is 8.81. The molecule has 8 rings (SSSR count). The average molecular weight is 297 g/mol. The van der Waals surface area contributed by atoms with E-state index >= 15 is 0 Å². The van der Waals surface area contributed by atoms with Crippen LogP contribution in [0.4, 0.5) is 4.39 Å². The number of rotatable bonds is 3. The van der Waals surface area contributed by atoms with Crippen molar-refractivity contribution in [3.63, 3.8) is 0 Å². The predicted molar refractivity (Wildman–Crippen MR) is 78.1 cm³/mol. The monoisotopic (exact) mass is 297 g/mol. The van der Waals surface area contributed by atoms with Crippen molar-refractivity contribution in [3.8, 4) is 0 Å². The summed E-state index contributed by atoms with van der Waals surface area (Å²) in [7, 11) is 0. The zero-order valence-electron chi connectivity index (χ0n) is 12.4. The van der Waals surface area contributed by atoms with Gasteiger partial charge in [-0.05, 0) is 66.0 Å². The van der Waals surface area contributed by atoms with E-state index in [0.29, 0.717) is 17.9 Å². The normalized spacial score (nSPS) is 60.9. The highest BCUT2D eigenvalue weighted by molar-refractivity contribution is 5.40. The van der Waals surface area contributed by atoms with Crippen molar-refractivity contribution in [1.29, 1.82) is 0 Å². The molecule has 114 valence electrons. The Labute approximate surface area is 129 Å². The van der Waals surface area contributed by atoms with Crippen molar-refractivity contribution in [2.24, 2.45) is 47.3 Å². The predicted octanol–water partition coefficient (Wildman–Crippen LogP) is 2.13. The van der Waals surface area contributed by atoms with E-state index in [4.69, 9.17) is 0 Å². The number of hydrogen-bond acceptors (Lipinski definition) is 2. The van der Waals surface area contributed by atoms with E-state index in [-0.39, 0.29) is 5.82 Å². The molecule has 0 radical (unpaired) electrons.